The van der Waals surface area contributed by atoms with Crippen molar-refractivity contribution in [2.24, 2.45) is 0 Å². The van der Waals surface area contributed by atoms with Gasteiger partial charge in [-0.2, -0.15) is 36.3 Å². The van der Waals surface area contributed by atoms with Crippen LogP contribution in [0.1, 0.15) is 56.8 Å². The van der Waals surface area contributed by atoms with Crippen LogP contribution < -0.4 is 39.4 Å². The van der Waals surface area contributed by atoms with Crippen LogP contribution >= 0.6 is 0 Å². The molecule has 2 N–H and O–H groups in total. The third-order valence-corrected chi connectivity index (χ3v) is 14.6. The number of carbonyl (C=O) groups excluding carboxylic acids is 3. The van der Waals surface area contributed by atoms with E-state index in [0.717, 1.165) is 50.6 Å². The predicted molar refractivity (Wildman–Crippen MR) is 298 cm³/mol. The molecular formula is C57H63F6N13O7. The number of alkyl halides is 6. The van der Waals surface area contributed by atoms with Crippen LogP contribution in [0.5, 0.6) is 34.8 Å². The number of likely N-dealkylation sites (N-methyl/N-ethyl adjacent to an activating group) is 1. The minimum atomic E-state index is -4.80. The summed E-state index contributed by atoms with van der Waals surface area (Å²) in [5.74, 6) is -1.43. The molecule has 2 saturated heterocycles. The molecule has 440 valence electrons. The number of halogens is 6. The van der Waals surface area contributed by atoms with Crippen LogP contribution in [-0.4, -0.2) is 170 Å². The predicted octanol–water partition coefficient (Wildman–Crippen LogP) is 8.99. The Hall–Kier alpha value is -8.65. The molecule has 6 heterocycles. The third kappa shape index (κ3) is 13.3. The first kappa shape index (κ1) is 59.0. The van der Waals surface area contributed by atoms with E-state index in [1.54, 1.807) is 69.5 Å². The summed E-state index contributed by atoms with van der Waals surface area (Å²) in [6, 6.07) is 21.1. The zero-order chi connectivity index (χ0) is 59.5. The molecule has 6 aromatic rings. The molecule has 3 amide bonds. The summed E-state index contributed by atoms with van der Waals surface area (Å²) in [4.78, 5) is 66.6. The number of carbonyl (C=O) groups is 3. The van der Waals surface area contributed by atoms with Crippen LogP contribution in [0.2, 0.25) is 0 Å². The number of ether oxygens (including phenoxy) is 4. The van der Waals surface area contributed by atoms with Crippen LogP contribution in [0, 0.1) is 0 Å². The van der Waals surface area contributed by atoms with E-state index < -0.39 is 35.2 Å². The largest absolute Gasteiger partial charge is 0.494 e. The quantitative estimate of drug-likeness (QED) is 0.0927. The van der Waals surface area contributed by atoms with Gasteiger partial charge in [-0.3, -0.25) is 24.2 Å². The molecule has 4 aromatic carbocycles. The lowest BCUT2D eigenvalue weighted by Gasteiger charge is -2.38. The first-order chi connectivity index (χ1) is 39.5. The van der Waals surface area contributed by atoms with Crippen LogP contribution in [0.15, 0.2) is 85.2 Å². The van der Waals surface area contributed by atoms with E-state index in [4.69, 9.17) is 18.9 Å². The topological polar surface area (TPSA) is 186 Å². The Bertz CT molecular complexity index is 3370. The van der Waals surface area contributed by atoms with Gasteiger partial charge in [0, 0.05) is 136 Å². The Balaban J connectivity index is 0.000000200. The van der Waals surface area contributed by atoms with Crippen LogP contribution in [-0.2, 0) is 30.2 Å². The summed E-state index contributed by atoms with van der Waals surface area (Å²) >= 11 is 0. The van der Waals surface area contributed by atoms with Gasteiger partial charge in [0.25, 0.3) is 11.8 Å². The van der Waals surface area contributed by atoms with Crippen molar-refractivity contribution < 1.29 is 59.7 Å². The number of methoxy groups -OCH3 is 2. The highest BCUT2D eigenvalue weighted by Crippen LogP contribution is 2.43. The fourth-order valence-corrected chi connectivity index (χ4v) is 9.91. The molecule has 4 aliphatic heterocycles. The number of amides is 3. The summed E-state index contributed by atoms with van der Waals surface area (Å²) in [6.45, 7) is 11.9. The van der Waals surface area contributed by atoms with E-state index >= 15 is 0 Å². The summed E-state index contributed by atoms with van der Waals surface area (Å²) in [5.41, 5.74) is 2.20. The average molecular weight is 1160 g/mol. The number of hydrogen-bond donors (Lipinski definition) is 2. The molecule has 10 rings (SSSR count). The second kappa shape index (κ2) is 24.4. The van der Waals surface area contributed by atoms with Crippen molar-refractivity contribution in [1.29, 1.82) is 0 Å². The third-order valence-electron chi connectivity index (χ3n) is 14.6. The van der Waals surface area contributed by atoms with Gasteiger partial charge in [0.05, 0.1) is 43.3 Å². The number of anilines is 6. The number of nitrogens with one attached hydrogen (secondary N) is 2. The fraction of sp³-hybridized carbons (Fsp3) is 0.386. The van der Waals surface area contributed by atoms with Gasteiger partial charge in [0.15, 0.2) is 0 Å². The number of hydrogen-bond acceptors (Lipinski definition) is 17. The molecule has 26 heteroatoms. The normalized spacial score (nSPS) is 15.7. The molecule has 0 unspecified atom stereocenters. The van der Waals surface area contributed by atoms with Gasteiger partial charge in [-0.25, -0.2) is 9.97 Å². The Morgan fingerprint density at radius 2 is 1.04 bits per heavy atom. The standard InChI is InChI=1S/C29H32F3N7O4.C28H31F3N6O3/c1-36(2)24(40)17-38-10-12-39(13-11-38)19-8-9-21(23(14-19)42-4)34-28-33-15-20(29(30,31)32)26(35-28)43-22-7-5-6-18-16-37(3)27(41)25(18)22;1-17(2)36-10-12-37(13-11-36)19-8-9-21(23(14-19)39-4)33-27-32-15-20(28(29,30)31)25(34-27)40-22-7-5-6-18-16-35(3)26(38)24(18)22/h5-9,14-15H,10-13,16-17H2,1-4H3,(H,33,34,35);5-9,14-15,17H,10-13,16H2,1-4H3,(H,32,33,34). The number of rotatable bonds is 15. The number of benzene rings is 4. The highest BCUT2D eigenvalue weighted by Gasteiger charge is 2.39. The van der Waals surface area contributed by atoms with E-state index in [-0.39, 0.29) is 52.2 Å². The first-order valence-corrected chi connectivity index (χ1v) is 26.5. The second-order valence-electron chi connectivity index (χ2n) is 20.6. The van der Waals surface area contributed by atoms with Gasteiger partial charge >= 0.3 is 12.4 Å². The van der Waals surface area contributed by atoms with Gasteiger partial charge in [-0.05, 0) is 61.4 Å². The minimum Gasteiger partial charge on any atom is -0.494 e. The van der Waals surface area contributed by atoms with Crippen LogP contribution in [0.25, 0.3) is 0 Å². The Morgan fingerprint density at radius 3 is 1.42 bits per heavy atom. The van der Waals surface area contributed by atoms with Crippen molar-refractivity contribution in [2.75, 3.05) is 122 Å². The number of fused-ring (bicyclic) bond motifs is 2. The summed E-state index contributed by atoms with van der Waals surface area (Å²) < 4.78 is 106. The molecule has 0 bridgehead atoms. The maximum Gasteiger partial charge on any atom is 0.423 e. The molecule has 0 saturated carbocycles. The minimum absolute atomic E-state index is 0.00139. The van der Waals surface area contributed by atoms with Gasteiger partial charge < -0.3 is 54.1 Å². The van der Waals surface area contributed by atoms with E-state index in [0.29, 0.717) is 85.2 Å². The van der Waals surface area contributed by atoms with Crippen molar-refractivity contribution in [3.05, 3.63) is 119 Å². The molecule has 2 aromatic heterocycles. The second-order valence-corrected chi connectivity index (χ2v) is 20.6. The van der Waals surface area contributed by atoms with E-state index in [2.05, 4.69) is 64.0 Å². The number of aromatic nitrogens is 4. The zero-order valence-corrected chi connectivity index (χ0v) is 47.0. The first-order valence-electron chi connectivity index (χ1n) is 26.5. The lowest BCUT2D eigenvalue weighted by atomic mass is 10.1. The Morgan fingerprint density at radius 1 is 0.614 bits per heavy atom. The van der Waals surface area contributed by atoms with Crippen molar-refractivity contribution >= 4 is 52.4 Å². The summed E-state index contributed by atoms with van der Waals surface area (Å²) in [7, 11) is 9.70. The van der Waals surface area contributed by atoms with Crippen molar-refractivity contribution in [3.8, 4) is 34.8 Å². The molecular weight excluding hydrogens is 1090 g/mol. The maximum absolute atomic E-state index is 13.9. The molecule has 20 nitrogen and oxygen atoms in total. The average Bonchev–Trinajstić information content (AvgIpc) is 4.08. The smallest absolute Gasteiger partial charge is 0.423 e. The molecule has 4 aliphatic rings. The zero-order valence-electron chi connectivity index (χ0n) is 47.0. The van der Waals surface area contributed by atoms with Crippen LogP contribution in [0.4, 0.5) is 61.0 Å². The van der Waals surface area contributed by atoms with Crippen LogP contribution in [0.3, 0.4) is 0 Å². The SMILES string of the molecule is COc1cc(N2CCN(C(C)C)CC2)ccc1Nc1ncc(C(F)(F)F)c(Oc2cccc3c2C(=O)N(C)C3)n1.COc1cc(N2CCN(CC(=O)N(C)C)CC2)ccc1Nc1ncc(C(F)(F)F)c(Oc2cccc3c2C(=O)N(C)C3)n1. The maximum atomic E-state index is 13.9. The van der Waals surface area contributed by atoms with Crippen molar-refractivity contribution in [1.82, 2.24) is 44.4 Å². The number of piperazine rings is 2. The molecule has 83 heavy (non-hydrogen) atoms. The van der Waals surface area contributed by atoms with Gasteiger partial charge in [0.2, 0.25) is 29.6 Å². The van der Waals surface area contributed by atoms with Gasteiger partial charge in [0.1, 0.15) is 34.1 Å². The lowest BCUT2D eigenvalue weighted by molar-refractivity contribution is -0.140. The Kier molecular flexibility index (Phi) is 17.4. The molecule has 0 radical (unpaired) electrons. The lowest BCUT2D eigenvalue weighted by Crippen LogP contribution is -2.49. The van der Waals surface area contributed by atoms with E-state index in [1.165, 1.54) is 36.2 Å². The van der Waals surface area contributed by atoms with Crippen molar-refractivity contribution in [2.45, 2.75) is 45.3 Å². The molecule has 0 spiro atoms. The summed E-state index contributed by atoms with van der Waals surface area (Å²) in [5, 5.41) is 5.88. The molecule has 0 aliphatic carbocycles. The summed E-state index contributed by atoms with van der Waals surface area (Å²) in [6.07, 6.45) is -8.26. The fourth-order valence-electron chi connectivity index (χ4n) is 9.91. The molecule has 0 atom stereocenters. The van der Waals surface area contributed by atoms with Crippen molar-refractivity contribution in [3.63, 3.8) is 0 Å². The van der Waals surface area contributed by atoms with Gasteiger partial charge in [-0.1, -0.05) is 24.3 Å². The number of nitrogens with zero attached hydrogens (tertiary/aromatic N) is 11. The monoisotopic (exact) mass is 1160 g/mol. The van der Waals surface area contributed by atoms with Gasteiger partial charge in [-0.15, -0.1) is 0 Å². The highest BCUT2D eigenvalue weighted by atomic mass is 19.4. The van der Waals surface area contributed by atoms with E-state index in [9.17, 15) is 40.7 Å². The molecule has 2 fully saturated rings. The Labute approximate surface area is 475 Å². The highest BCUT2D eigenvalue weighted by molar-refractivity contribution is 6.01. The van der Waals surface area contributed by atoms with E-state index in [1.807, 2.05) is 24.3 Å².